The van der Waals surface area contributed by atoms with Crippen LogP contribution >= 0.6 is 0 Å². The summed E-state index contributed by atoms with van der Waals surface area (Å²) in [6.45, 7) is 5.10. The van der Waals surface area contributed by atoms with Crippen molar-refractivity contribution in [1.29, 1.82) is 0 Å². The summed E-state index contributed by atoms with van der Waals surface area (Å²) in [4.78, 5) is 22.4. The SMILES string of the molecule is COCCC(C)(C)CNC(=O)c1cc(C(=O)O)co1. The summed E-state index contributed by atoms with van der Waals surface area (Å²) in [5, 5.41) is 11.4. The zero-order valence-electron chi connectivity index (χ0n) is 11.4. The molecule has 1 rings (SSSR count). The minimum absolute atomic E-state index is 0.0000541. The molecule has 0 unspecified atom stereocenters. The first kappa shape index (κ1) is 15.2. The van der Waals surface area contributed by atoms with Crippen LogP contribution in [-0.4, -0.2) is 37.2 Å². The molecule has 0 atom stereocenters. The lowest BCUT2D eigenvalue weighted by atomic mass is 9.90. The number of carbonyl (C=O) groups is 2. The third kappa shape index (κ3) is 4.75. The van der Waals surface area contributed by atoms with E-state index < -0.39 is 11.9 Å². The van der Waals surface area contributed by atoms with Gasteiger partial charge in [0, 0.05) is 26.3 Å². The van der Waals surface area contributed by atoms with Crippen LogP contribution in [0.5, 0.6) is 0 Å². The van der Waals surface area contributed by atoms with Gasteiger partial charge in [-0.05, 0) is 11.8 Å². The van der Waals surface area contributed by atoms with Crippen LogP contribution in [0.1, 0.15) is 41.2 Å². The second-order valence-corrected chi connectivity index (χ2v) is 5.09. The highest BCUT2D eigenvalue weighted by Crippen LogP contribution is 2.19. The Balaban J connectivity index is 2.52. The lowest BCUT2D eigenvalue weighted by molar-refractivity contribution is 0.0696. The number of furan rings is 1. The average molecular weight is 269 g/mol. The molecule has 6 nitrogen and oxygen atoms in total. The third-order valence-corrected chi connectivity index (χ3v) is 2.78. The largest absolute Gasteiger partial charge is 0.478 e. The van der Waals surface area contributed by atoms with Gasteiger partial charge in [0.25, 0.3) is 5.91 Å². The van der Waals surface area contributed by atoms with E-state index in [2.05, 4.69) is 5.32 Å². The van der Waals surface area contributed by atoms with E-state index in [0.29, 0.717) is 13.2 Å². The van der Waals surface area contributed by atoms with Crippen LogP contribution in [0.2, 0.25) is 0 Å². The Hall–Kier alpha value is -1.82. The fourth-order valence-electron chi connectivity index (χ4n) is 1.44. The normalized spacial score (nSPS) is 11.3. The van der Waals surface area contributed by atoms with Gasteiger partial charge < -0.3 is 19.6 Å². The number of hydrogen-bond donors (Lipinski definition) is 2. The van der Waals surface area contributed by atoms with Crippen LogP contribution in [0.15, 0.2) is 16.7 Å². The quantitative estimate of drug-likeness (QED) is 0.787. The van der Waals surface area contributed by atoms with Crippen molar-refractivity contribution in [3.05, 3.63) is 23.7 Å². The Bertz CT molecular complexity index is 450. The van der Waals surface area contributed by atoms with Gasteiger partial charge in [0.1, 0.15) is 6.26 Å². The molecule has 6 heteroatoms. The highest BCUT2D eigenvalue weighted by atomic mass is 16.5. The molecule has 2 N–H and O–H groups in total. The van der Waals surface area contributed by atoms with Gasteiger partial charge in [-0.1, -0.05) is 13.8 Å². The number of rotatable bonds is 7. The monoisotopic (exact) mass is 269 g/mol. The molecule has 1 aromatic rings. The van der Waals surface area contributed by atoms with Crippen molar-refractivity contribution in [1.82, 2.24) is 5.32 Å². The van der Waals surface area contributed by atoms with Crippen LogP contribution in [-0.2, 0) is 4.74 Å². The highest BCUT2D eigenvalue weighted by Gasteiger charge is 2.20. The second-order valence-electron chi connectivity index (χ2n) is 5.09. The number of ether oxygens (including phenoxy) is 1. The molecule has 0 aliphatic carbocycles. The summed E-state index contributed by atoms with van der Waals surface area (Å²) >= 11 is 0. The van der Waals surface area contributed by atoms with E-state index in [9.17, 15) is 9.59 Å². The number of carboxylic acid groups (broad SMARTS) is 1. The van der Waals surface area contributed by atoms with Gasteiger partial charge in [-0.25, -0.2) is 4.79 Å². The molecule has 0 saturated heterocycles. The summed E-state index contributed by atoms with van der Waals surface area (Å²) in [5.74, 6) is -1.54. The topological polar surface area (TPSA) is 88.8 Å². The van der Waals surface area contributed by atoms with Crippen molar-refractivity contribution in [2.24, 2.45) is 5.41 Å². The van der Waals surface area contributed by atoms with Gasteiger partial charge in [0.2, 0.25) is 0 Å². The average Bonchev–Trinajstić information content (AvgIpc) is 2.83. The van der Waals surface area contributed by atoms with E-state index >= 15 is 0 Å². The smallest absolute Gasteiger partial charge is 0.338 e. The maximum Gasteiger partial charge on any atom is 0.338 e. The van der Waals surface area contributed by atoms with Gasteiger partial charge in [-0.3, -0.25) is 4.79 Å². The maximum atomic E-state index is 11.8. The Morgan fingerprint density at radius 3 is 2.68 bits per heavy atom. The summed E-state index contributed by atoms with van der Waals surface area (Å²) < 4.78 is 9.92. The summed E-state index contributed by atoms with van der Waals surface area (Å²) in [5.41, 5.74) is -0.141. The van der Waals surface area contributed by atoms with Crippen LogP contribution in [0.25, 0.3) is 0 Å². The highest BCUT2D eigenvalue weighted by molar-refractivity contribution is 5.95. The Morgan fingerprint density at radius 2 is 2.16 bits per heavy atom. The Labute approximate surface area is 111 Å². The zero-order valence-corrected chi connectivity index (χ0v) is 11.4. The van der Waals surface area contributed by atoms with Gasteiger partial charge >= 0.3 is 5.97 Å². The summed E-state index contributed by atoms with van der Waals surface area (Å²) in [6, 6.07) is 1.21. The molecule has 0 aliphatic heterocycles. The first-order chi connectivity index (χ1) is 8.85. The minimum atomic E-state index is -1.12. The molecule has 1 heterocycles. The number of aromatic carboxylic acids is 1. The lowest BCUT2D eigenvalue weighted by Crippen LogP contribution is -2.34. The van der Waals surface area contributed by atoms with Crippen molar-refractivity contribution < 1.29 is 23.8 Å². The van der Waals surface area contributed by atoms with Crippen LogP contribution in [0.3, 0.4) is 0 Å². The van der Waals surface area contributed by atoms with Gasteiger partial charge in [-0.15, -0.1) is 0 Å². The number of amides is 1. The molecular formula is C13H19NO5. The number of carboxylic acids is 1. The summed E-state index contributed by atoms with van der Waals surface area (Å²) in [7, 11) is 1.63. The first-order valence-corrected chi connectivity index (χ1v) is 5.95. The van der Waals surface area contributed by atoms with E-state index in [1.54, 1.807) is 7.11 Å². The predicted molar refractivity (Wildman–Crippen MR) is 68.3 cm³/mol. The number of nitrogens with one attached hydrogen (secondary N) is 1. The molecule has 0 bridgehead atoms. The Morgan fingerprint density at radius 1 is 1.47 bits per heavy atom. The van der Waals surface area contributed by atoms with Crippen molar-refractivity contribution in [2.45, 2.75) is 20.3 Å². The van der Waals surface area contributed by atoms with Crippen molar-refractivity contribution in [3.63, 3.8) is 0 Å². The van der Waals surface area contributed by atoms with E-state index in [0.717, 1.165) is 12.7 Å². The number of carbonyl (C=O) groups excluding carboxylic acids is 1. The maximum absolute atomic E-state index is 11.8. The fourth-order valence-corrected chi connectivity index (χ4v) is 1.44. The van der Waals surface area contributed by atoms with Gasteiger partial charge in [0.05, 0.1) is 5.56 Å². The fraction of sp³-hybridized carbons (Fsp3) is 0.538. The van der Waals surface area contributed by atoms with Gasteiger partial charge in [-0.2, -0.15) is 0 Å². The number of hydrogen-bond acceptors (Lipinski definition) is 4. The molecule has 19 heavy (non-hydrogen) atoms. The van der Waals surface area contributed by atoms with E-state index in [-0.39, 0.29) is 16.7 Å². The van der Waals surface area contributed by atoms with Crippen molar-refractivity contribution in [2.75, 3.05) is 20.3 Å². The predicted octanol–water partition coefficient (Wildman–Crippen LogP) is 1.77. The first-order valence-electron chi connectivity index (χ1n) is 5.95. The second kappa shape index (κ2) is 6.38. The van der Waals surface area contributed by atoms with E-state index in [1.165, 1.54) is 6.07 Å². The van der Waals surface area contributed by atoms with Crippen molar-refractivity contribution >= 4 is 11.9 Å². The molecule has 0 aromatic carbocycles. The van der Waals surface area contributed by atoms with E-state index in [1.807, 2.05) is 13.8 Å². The van der Waals surface area contributed by atoms with Crippen LogP contribution < -0.4 is 5.32 Å². The molecule has 1 amide bonds. The summed E-state index contributed by atoms with van der Waals surface area (Å²) in [6.07, 6.45) is 1.86. The molecule has 0 spiro atoms. The molecule has 106 valence electrons. The minimum Gasteiger partial charge on any atom is -0.478 e. The molecule has 0 radical (unpaired) electrons. The van der Waals surface area contributed by atoms with Crippen molar-refractivity contribution in [3.8, 4) is 0 Å². The molecule has 1 aromatic heterocycles. The molecule has 0 aliphatic rings. The molecule has 0 fully saturated rings. The lowest BCUT2D eigenvalue weighted by Gasteiger charge is -2.24. The Kier molecular flexibility index (Phi) is 5.11. The third-order valence-electron chi connectivity index (χ3n) is 2.78. The molecule has 0 saturated carbocycles. The van der Waals surface area contributed by atoms with Crippen LogP contribution in [0, 0.1) is 5.41 Å². The number of methoxy groups -OCH3 is 1. The molecular weight excluding hydrogens is 250 g/mol. The standard InChI is InChI=1S/C13H19NO5/c1-13(2,4-5-18-3)8-14-11(15)10-6-9(7-19-10)12(16)17/h6-7H,4-5,8H2,1-3H3,(H,14,15)(H,16,17). The van der Waals surface area contributed by atoms with Crippen LogP contribution in [0.4, 0.5) is 0 Å². The van der Waals surface area contributed by atoms with Gasteiger partial charge in [0.15, 0.2) is 5.76 Å². The zero-order chi connectivity index (χ0) is 14.5. The van der Waals surface area contributed by atoms with E-state index in [4.69, 9.17) is 14.3 Å².